The van der Waals surface area contributed by atoms with Crippen LogP contribution in [0.5, 0.6) is 11.5 Å². The molecule has 0 spiro atoms. The number of nitriles is 1. The Balaban J connectivity index is 2.24. The molecule has 1 heterocycles. The highest BCUT2D eigenvalue weighted by atomic mass is 127. The summed E-state index contributed by atoms with van der Waals surface area (Å²) < 4.78 is 17.8. The molecule has 0 bridgehead atoms. The first kappa shape index (κ1) is 26.1. The molecule has 3 rings (SSSR count). The first-order valence-electron chi connectivity index (χ1n) is 11.3. The molecule has 0 unspecified atom stereocenters. The Bertz CT molecular complexity index is 1080. The molecule has 1 aromatic carbocycles. The summed E-state index contributed by atoms with van der Waals surface area (Å²) in [6.07, 6.45) is 2.77. The molecule has 0 saturated heterocycles. The number of ketones is 1. The van der Waals surface area contributed by atoms with Crippen molar-refractivity contribution in [1.29, 1.82) is 5.26 Å². The van der Waals surface area contributed by atoms with E-state index in [2.05, 4.69) is 49.1 Å². The van der Waals surface area contributed by atoms with Crippen molar-refractivity contribution >= 4 is 28.4 Å². The molecule has 0 fully saturated rings. The van der Waals surface area contributed by atoms with Crippen LogP contribution in [0.4, 0.5) is 0 Å². The predicted molar refractivity (Wildman–Crippen MR) is 139 cm³/mol. The van der Waals surface area contributed by atoms with Crippen molar-refractivity contribution in [2.45, 2.75) is 39.5 Å². The molecule has 0 radical (unpaired) electrons. The number of benzene rings is 1. The molecule has 2 aliphatic rings. The van der Waals surface area contributed by atoms with E-state index in [9.17, 15) is 10.1 Å². The summed E-state index contributed by atoms with van der Waals surface area (Å²) in [7, 11) is 1.62. The van der Waals surface area contributed by atoms with Gasteiger partial charge in [0.1, 0.15) is 12.4 Å². The molecule has 7 nitrogen and oxygen atoms in total. The minimum absolute atomic E-state index is 0.0406. The van der Waals surface area contributed by atoms with Gasteiger partial charge in [-0.2, -0.15) is 5.26 Å². The summed E-state index contributed by atoms with van der Waals surface area (Å²) in [4.78, 5) is 15.5. The first-order chi connectivity index (χ1) is 16.2. The molecule has 1 aromatic rings. The number of rotatable bonds is 9. The number of halogens is 1. The molecule has 0 aromatic heterocycles. The average molecular weight is 577 g/mol. The Hall–Kier alpha value is -2.51. The number of nitrogens with zero attached hydrogens (tertiary/aromatic N) is 2. The molecule has 1 aliphatic carbocycles. The van der Waals surface area contributed by atoms with E-state index in [-0.39, 0.29) is 11.2 Å². The predicted octanol–water partition coefficient (Wildman–Crippen LogP) is 4.64. The molecule has 1 aliphatic heterocycles. The highest BCUT2D eigenvalue weighted by Crippen LogP contribution is 2.50. The van der Waals surface area contributed by atoms with Crippen molar-refractivity contribution in [3.05, 3.63) is 56.6 Å². The quantitative estimate of drug-likeness (QED) is 0.338. The fourth-order valence-electron chi connectivity index (χ4n) is 4.65. The Morgan fingerprint density at radius 1 is 1.35 bits per heavy atom. The van der Waals surface area contributed by atoms with Gasteiger partial charge in [0.2, 0.25) is 0 Å². The minimum atomic E-state index is -0.566. The lowest BCUT2D eigenvalue weighted by molar-refractivity contribution is -0.118. The fraction of sp³-hybridized carbons (Fsp3) is 0.462. The maximum absolute atomic E-state index is 13.6. The van der Waals surface area contributed by atoms with Crippen LogP contribution in [0.25, 0.3) is 0 Å². The number of hydrogen-bond donors (Lipinski definition) is 1. The van der Waals surface area contributed by atoms with Crippen molar-refractivity contribution in [2.24, 2.45) is 11.1 Å². The zero-order valence-corrected chi connectivity index (χ0v) is 22.4. The van der Waals surface area contributed by atoms with Gasteiger partial charge in [0.25, 0.3) is 0 Å². The van der Waals surface area contributed by atoms with Gasteiger partial charge in [-0.25, -0.2) is 0 Å². The smallest absolute Gasteiger partial charge is 0.174 e. The molecule has 2 N–H and O–H groups in total. The molecule has 1 atom stereocenters. The summed E-state index contributed by atoms with van der Waals surface area (Å²) in [6.45, 7) is 11.5. The van der Waals surface area contributed by atoms with E-state index < -0.39 is 5.92 Å². The molecule has 0 amide bonds. The minimum Gasteiger partial charge on any atom is -0.490 e. The number of methoxy groups -OCH3 is 1. The van der Waals surface area contributed by atoms with Crippen molar-refractivity contribution < 1.29 is 19.0 Å². The van der Waals surface area contributed by atoms with Crippen molar-refractivity contribution in [1.82, 2.24) is 4.90 Å². The number of Topliss-reactive ketones (excluding diaryl/α,β-unsaturated/α-hetero) is 1. The zero-order chi connectivity index (χ0) is 25.0. The third-order valence-electron chi connectivity index (χ3n) is 6.02. The summed E-state index contributed by atoms with van der Waals surface area (Å²) in [5.41, 5.74) is 9.04. The fourth-order valence-corrected chi connectivity index (χ4v) is 5.43. The third kappa shape index (κ3) is 5.10. The summed E-state index contributed by atoms with van der Waals surface area (Å²) >= 11 is 2.19. The summed E-state index contributed by atoms with van der Waals surface area (Å²) in [5.74, 6) is 1.02. The summed E-state index contributed by atoms with van der Waals surface area (Å²) in [5, 5.41) is 10.2. The number of carbonyl (C=O) groups excluding carboxylic acids is 1. The summed E-state index contributed by atoms with van der Waals surface area (Å²) in [6, 6.07) is 6.11. The van der Waals surface area contributed by atoms with Gasteiger partial charge in [0.15, 0.2) is 17.3 Å². The van der Waals surface area contributed by atoms with Crippen LogP contribution < -0.4 is 15.2 Å². The Labute approximate surface area is 215 Å². The van der Waals surface area contributed by atoms with E-state index in [1.165, 1.54) is 0 Å². The second kappa shape index (κ2) is 10.8. The lowest BCUT2D eigenvalue weighted by Gasteiger charge is -2.43. The maximum Gasteiger partial charge on any atom is 0.174 e. The van der Waals surface area contributed by atoms with Gasteiger partial charge in [-0.1, -0.05) is 26.5 Å². The monoisotopic (exact) mass is 577 g/mol. The van der Waals surface area contributed by atoms with Crippen LogP contribution >= 0.6 is 22.6 Å². The van der Waals surface area contributed by atoms with Crippen LogP contribution in [-0.4, -0.2) is 44.2 Å². The molecule has 0 saturated carbocycles. The molecular weight excluding hydrogens is 545 g/mol. The van der Waals surface area contributed by atoms with E-state index >= 15 is 0 Å². The van der Waals surface area contributed by atoms with Crippen LogP contribution in [0.15, 0.2) is 47.5 Å². The molecular formula is C26H32IN3O4. The third-order valence-corrected chi connectivity index (χ3v) is 6.82. The molecule has 182 valence electrons. The van der Waals surface area contributed by atoms with E-state index in [4.69, 9.17) is 19.9 Å². The van der Waals surface area contributed by atoms with E-state index in [1.54, 1.807) is 13.2 Å². The van der Waals surface area contributed by atoms with Crippen LogP contribution in [0, 0.1) is 20.3 Å². The Kier molecular flexibility index (Phi) is 8.31. The maximum atomic E-state index is 13.6. The van der Waals surface area contributed by atoms with Crippen LogP contribution in [0.2, 0.25) is 0 Å². The average Bonchev–Trinajstić information content (AvgIpc) is 2.76. The standard InChI is InChI=1S/C26H32IN3O4/c1-6-9-34-24-18(27)11-16(12-21(24)33-7-2)22-17(15-28)25(29)30(8-10-32-5)19-13-26(3,4)14-20(31)23(19)22/h6,11-12,22H,1,7-10,13-14,29H2,2-5H3/t22-/m0/s1. The van der Waals surface area contributed by atoms with Crippen molar-refractivity contribution in [2.75, 3.05) is 33.5 Å². The van der Waals surface area contributed by atoms with Gasteiger partial charge < -0.3 is 24.8 Å². The van der Waals surface area contributed by atoms with Gasteiger partial charge in [-0.3, -0.25) is 4.79 Å². The number of allylic oxidation sites excluding steroid dienone is 3. The van der Waals surface area contributed by atoms with E-state index in [0.29, 0.717) is 67.7 Å². The van der Waals surface area contributed by atoms with E-state index in [1.807, 2.05) is 24.0 Å². The first-order valence-corrected chi connectivity index (χ1v) is 12.4. The van der Waals surface area contributed by atoms with Gasteiger partial charge in [-0.05, 0) is 59.0 Å². The second-order valence-electron chi connectivity index (χ2n) is 9.15. The Morgan fingerprint density at radius 3 is 2.71 bits per heavy atom. The molecule has 8 heteroatoms. The van der Waals surface area contributed by atoms with Crippen LogP contribution in [-0.2, 0) is 9.53 Å². The zero-order valence-electron chi connectivity index (χ0n) is 20.2. The topological polar surface area (TPSA) is 97.8 Å². The Morgan fingerprint density at radius 2 is 2.09 bits per heavy atom. The SMILES string of the molecule is C=CCOc1c(I)cc([C@H]2C(C#N)=C(N)N(CCOC)C3=C2C(=O)CC(C)(C)C3)cc1OCC. The van der Waals surface area contributed by atoms with Gasteiger partial charge in [-0.15, -0.1) is 0 Å². The normalized spacial score (nSPS) is 19.6. The van der Waals surface area contributed by atoms with Crippen molar-refractivity contribution in [3.8, 4) is 17.6 Å². The van der Waals surface area contributed by atoms with Gasteiger partial charge in [0.05, 0.1) is 34.3 Å². The van der Waals surface area contributed by atoms with Crippen LogP contribution in [0.1, 0.15) is 45.1 Å². The largest absolute Gasteiger partial charge is 0.490 e. The number of hydrogen-bond acceptors (Lipinski definition) is 7. The van der Waals surface area contributed by atoms with Gasteiger partial charge >= 0.3 is 0 Å². The lowest BCUT2D eigenvalue weighted by Crippen LogP contribution is -2.43. The van der Waals surface area contributed by atoms with Gasteiger partial charge in [0, 0.05) is 31.3 Å². The number of nitrogens with two attached hydrogens (primary N) is 1. The van der Waals surface area contributed by atoms with Crippen molar-refractivity contribution in [3.63, 3.8) is 0 Å². The number of carbonyl (C=O) groups is 1. The highest BCUT2D eigenvalue weighted by molar-refractivity contribution is 14.1. The number of ether oxygens (including phenoxy) is 3. The van der Waals surface area contributed by atoms with Crippen LogP contribution in [0.3, 0.4) is 0 Å². The molecule has 34 heavy (non-hydrogen) atoms. The lowest BCUT2D eigenvalue weighted by atomic mass is 9.68. The van der Waals surface area contributed by atoms with E-state index in [0.717, 1.165) is 14.8 Å². The highest BCUT2D eigenvalue weighted by Gasteiger charge is 2.44. The second-order valence-corrected chi connectivity index (χ2v) is 10.3.